The van der Waals surface area contributed by atoms with Crippen LogP contribution in [0.5, 0.6) is 0 Å². The molecule has 10 heteroatoms. The van der Waals surface area contributed by atoms with E-state index in [1.165, 1.54) is 0 Å². The Hall–Kier alpha value is -4.60. The molecule has 1 aromatic carbocycles. The Bertz CT molecular complexity index is 1380. The topological polar surface area (TPSA) is 123 Å². The average Bonchev–Trinajstić information content (AvgIpc) is 3.44. The first-order chi connectivity index (χ1) is 15.2. The fraction of sp³-hybridized carbons (Fsp3) is 0.0476. The number of anilines is 3. The Kier molecular flexibility index (Phi) is 4.56. The van der Waals surface area contributed by atoms with Crippen molar-refractivity contribution in [3.63, 3.8) is 0 Å². The average molecular weight is 412 g/mol. The minimum Gasteiger partial charge on any atom is -0.328 e. The molecule has 0 bridgehead atoms. The molecule has 1 amide bonds. The van der Waals surface area contributed by atoms with Crippen molar-refractivity contribution >= 4 is 28.9 Å². The van der Waals surface area contributed by atoms with Crippen molar-refractivity contribution in [2.24, 2.45) is 0 Å². The van der Waals surface area contributed by atoms with E-state index >= 15 is 0 Å². The summed E-state index contributed by atoms with van der Waals surface area (Å²) in [6, 6.07) is 12.8. The zero-order valence-electron chi connectivity index (χ0n) is 16.4. The molecule has 0 saturated carbocycles. The van der Waals surface area contributed by atoms with Crippen LogP contribution in [0.3, 0.4) is 0 Å². The molecular weight excluding hydrogens is 396 g/mol. The van der Waals surface area contributed by atoms with E-state index in [9.17, 15) is 4.79 Å². The van der Waals surface area contributed by atoms with E-state index in [-0.39, 0.29) is 17.7 Å². The van der Waals surface area contributed by atoms with Gasteiger partial charge in [0.1, 0.15) is 11.3 Å². The summed E-state index contributed by atoms with van der Waals surface area (Å²) in [5, 5.41) is 9.90. The van der Waals surface area contributed by atoms with Crippen molar-refractivity contribution < 1.29 is 9.32 Å². The SMILES string of the molecule is Cc1ccc(Nc2noc(-c3ncccn3)n2)cc1NC(=O)c1cnc2ccccn12. The monoisotopic (exact) mass is 412 g/mol. The molecule has 0 radical (unpaired) electrons. The molecule has 4 aromatic heterocycles. The van der Waals surface area contributed by atoms with Gasteiger partial charge in [-0.1, -0.05) is 12.1 Å². The molecule has 0 aliphatic heterocycles. The number of nitrogens with zero attached hydrogens (tertiary/aromatic N) is 6. The number of carbonyl (C=O) groups is 1. The minimum atomic E-state index is -0.262. The zero-order chi connectivity index (χ0) is 21.2. The molecule has 152 valence electrons. The first-order valence-electron chi connectivity index (χ1n) is 9.39. The second-order valence-corrected chi connectivity index (χ2v) is 6.68. The number of hydrogen-bond acceptors (Lipinski definition) is 8. The number of rotatable bonds is 5. The van der Waals surface area contributed by atoms with Gasteiger partial charge in [0.2, 0.25) is 5.82 Å². The molecule has 10 nitrogen and oxygen atoms in total. The summed E-state index contributed by atoms with van der Waals surface area (Å²) < 4.78 is 6.94. The molecule has 2 N–H and O–H groups in total. The van der Waals surface area contributed by atoms with E-state index in [0.717, 1.165) is 5.56 Å². The lowest BCUT2D eigenvalue weighted by Gasteiger charge is -2.10. The number of aromatic nitrogens is 6. The van der Waals surface area contributed by atoms with Crippen LogP contribution in [-0.2, 0) is 0 Å². The predicted molar refractivity (Wildman–Crippen MR) is 113 cm³/mol. The van der Waals surface area contributed by atoms with Crippen molar-refractivity contribution in [1.29, 1.82) is 0 Å². The molecular formula is C21H16N8O2. The van der Waals surface area contributed by atoms with Gasteiger partial charge in [0.05, 0.1) is 6.20 Å². The number of fused-ring (bicyclic) bond motifs is 1. The second-order valence-electron chi connectivity index (χ2n) is 6.68. The molecule has 5 rings (SSSR count). The summed E-state index contributed by atoms with van der Waals surface area (Å²) in [7, 11) is 0. The highest BCUT2D eigenvalue weighted by Gasteiger charge is 2.15. The summed E-state index contributed by atoms with van der Waals surface area (Å²) in [6.07, 6.45) is 6.54. The maximum atomic E-state index is 12.8. The number of carbonyl (C=O) groups excluding carboxylic acids is 1. The van der Waals surface area contributed by atoms with Crippen molar-refractivity contribution in [1.82, 2.24) is 29.5 Å². The van der Waals surface area contributed by atoms with Crippen LogP contribution in [0.1, 0.15) is 16.1 Å². The Morgan fingerprint density at radius 1 is 1.06 bits per heavy atom. The summed E-state index contributed by atoms with van der Waals surface area (Å²) in [5.41, 5.74) is 3.38. The number of benzene rings is 1. The van der Waals surface area contributed by atoms with E-state index in [2.05, 4.69) is 35.7 Å². The maximum Gasteiger partial charge on any atom is 0.297 e. The fourth-order valence-electron chi connectivity index (χ4n) is 3.02. The van der Waals surface area contributed by atoms with Gasteiger partial charge in [0, 0.05) is 30.0 Å². The predicted octanol–water partition coefficient (Wildman–Crippen LogP) is 3.48. The van der Waals surface area contributed by atoms with Gasteiger partial charge in [-0.2, -0.15) is 4.98 Å². The Morgan fingerprint density at radius 3 is 2.81 bits per heavy atom. The van der Waals surface area contributed by atoms with Crippen LogP contribution in [0.2, 0.25) is 0 Å². The van der Waals surface area contributed by atoms with Crippen LogP contribution >= 0.6 is 0 Å². The van der Waals surface area contributed by atoms with E-state index in [1.54, 1.807) is 41.3 Å². The van der Waals surface area contributed by atoms with Crippen LogP contribution in [0.4, 0.5) is 17.3 Å². The third kappa shape index (κ3) is 3.69. The number of hydrogen-bond donors (Lipinski definition) is 2. The van der Waals surface area contributed by atoms with Crippen LogP contribution in [-0.4, -0.2) is 35.4 Å². The Morgan fingerprint density at radius 2 is 1.94 bits per heavy atom. The minimum absolute atomic E-state index is 0.205. The molecule has 0 unspecified atom stereocenters. The lowest BCUT2D eigenvalue weighted by atomic mass is 10.1. The van der Waals surface area contributed by atoms with Crippen molar-refractivity contribution in [3.05, 3.63) is 78.5 Å². The van der Waals surface area contributed by atoms with Crippen LogP contribution in [0.15, 0.2) is 71.8 Å². The zero-order valence-corrected chi connectivity index (χ0v) is 16.4. The maximum absolute atomic E-state index is 12.8. The first kappa shape index (κ1) is 18.4. The molecule has 0 atom stereocenters. The van der Waals surface area contributed by atoms with Gasteiger partial charge in [0.25, 0.3) is 17.7 Å². The smallest absolute Gasteiger partial charge is 0.297 e. The molecule has 31 heavy (non-hydrogen) atoms. The van der Waals surface area contributed by atoms with Gasteiger partial charge in [-0.3, -0.25) is 9.20 Å². The van der Waals surface area contributed by atoms with Gasteiger partial charge < -0.3 is 15.2 Å². The van der Waals surface area contributed by atoms with Gasteiger partial charge in [-0.25, -0.2) is 15.0 Å². The number of amides is 1. The van der Waals surface area contributed by atoms with Gasteiger partial charge in [-0.05, 0) is 48.0 Å². The summed E-state index contributed by atoms with van der Waals surface area (Å²) in [5.74, 6) is 0.539. The second kappa shape index (κ2) is 7.67. The summed E-state index contributed by atoms with van der Waals surface area (Å²) in [4.78, 5) is 29.5. The highest BCUT2D eigenvalue weighted by atomic mass is 16.5. The fourth-order valence-corrected chi connectivity index (χ4v) is 3.02. The molecule has 0 saturated heterocycles. The number of imidazole rings is 1. The van der Waals surface area contributed by atoms with Crippen LogP contribution in [0, 0.1) is 6.92 Å². The Balaban J connectivity index is 1.36. The highest BCUT2D eigenvalue weighted by Crippen LogP contribution is 2.24. The first-order valence-corrected chi connectivity index (χ1v) is 9.39. The van der Waals surface area contributed by atoms with E-state index in [0.29, 0.717) is 28.5 Å². The van der Waals surface area contributed by atoms with Crippen LogP contribution < -0.4 is 10.6 Å². The summed E-state index contributed by atoms with van der Waals surface area (Å²) >= 11 is 0. The van der Waals surface area contributed by atoms with Crippen molar-refractivity contribution in [3.8, 4) is 11.7 Å². The molecule has 0 aliphatic carbocycles. The van der Waals surface area contributed by atoms with E-state index in [4.69, 9.17) is 4.52 Å². The Labute approximate surface area is 176 Å². The molecule has 4 heterocycles. The standard InChI is InChI=1S/C21H16N8O2/c1-13-6-7-14(25-21-27-20(31-28-21)18-22-8-4-9-23-18)11-15(13)26-19(30)16-12-24-17-5-2-3-10-29(16)17/h2-12H,1H3,(H,25,28)(H,26,30). The quantitative estimate of drug-likeness (QED) is 0.450. The largest absolute Gasteiger partial charge is 0.328 e. The number of aryl methyl sites for hydroxylation is 1. The van der Waals surface area contributed by atoms with Gasteiger partial charge >= 0.3 is 0 Å². The summed E-state index contributed by atoms with van der Waals surface area (Å²) in [6.45, 7) is 1.91. The third-order valence-electron chi connectivity index (χ3n) is 4.57. The van der Waals surface area contributed by atoms with Crippen molar-refractivity contribution in [2.45, 2.75) is 6.92 Å². The van der Waals surface area contributed by atoms with Gasteiger partial charge in [0.15, 0.2) is 0 Å². The normalized spacial score (nSPS) is 10.9. The van der Waals surface area contributed by atoms with E-state index < -0.39 is 0 Å². The lowest BCUT2D eigenvalue weighted by molar-refractivity contribution is 0.102. The number of pyridine rings is 1. The van der Waals surface area contributed by atoms with Gasteiger partial charge in [-0.15, -0.1) is 0 Å². The van der Waals surface area contributed by atoms with E-state index in [1.807, 2.05) is 37.3 Å². The number of nitrogens with one attached hydrogen (secondary N) is 2. The molecule has 5 aromatic rings. The highest BCUT2D eigenvalue weighted by molar-refractivity contribution is 6.04. The van der Waals surface area contributed by atoms with Crippen molar-refractivity contribution in [2.75, 3.05) is 10.6 Å². The third-order valence-corrected chi connectivity index (χ3v) is 4.57. The van der Waals surface area contributed by atoms with Crippen LogP contribution in [0.25, 0.3) is 17.4 Å². The molecule has 0 aliphatic rings. The molecule has 0 spiro atoms. The molecule has 0 fully saturated rings. The lowest BCUT2D eigenvalue weighted by Crippen LogP contribution is -2.15.